The Hall–Kier alpha value is -1.98. The molecule has 0 saturated heterocycles. The summed E-state index contributed by atoms with van der Waals surface area (Å²) in [5.74, 6) is -0.250. The third-order valence-corrected chi connectivity index (χ3v) is 2.37. The van der Waals surface area contributed by atoms with Crippen LogP contribution in [-0.4, -0.2) is 16.7 Å². The van der Waals surface area contributed by atoms with Crippen LogP contribution in [0.4, 0.5) is 13.2 Å². The van der Waals surface area contributed by atoms with Crippen LogP contribution in [0.25, 0.3) is 10.9 Å². The van der Waals surface area contributed by atoms with Crippen LogP contribution in [-0.2, 0) is 6.18 Å². The number of aromatic nitrogens is 1. The zero-order chi connectivity index (χ0) is 13.3. The Bertz CT molecular complexity index is 581. The van der Waals surface area contributed by atoms with Gasteiger partial charge < -0.3 is 9.84 Å². The normalized spacial score (nSPS) is 11.8. The number of fused-ring (bicyclic) bond motifs is 1. The van der Waals surface area contributed by atoms with Crippen molar-refractivity contribution in [2.24, 2.45) is 0 Å². The molecule has 0 unspecified atom stereocenters. The number of halogens is 3. The first kappa shape index (κ1) is 12.5. The number of alkyl halides is 3. The molecule has 2 aromatic rings. The molecule has 0 aliphatic rings. The Labute approximate surface area is 101 Å². The number of pyridine rings is 1. The van der Waals surface area contributed by atoms with E-state index in [0.29, 0.717) is 0 Å². The van der Waals surface area contributed by atoms with Gasteiger partial charge in [0.2, 0.25) is 5.88 Å². The van der Waals surface area contributed by atoms with Gasteiger partial charge in [0.25, 0.3) is 0 Å². The molecule has 3 nitrogen and oxygen atoms in total. The first-order chi connectivity index (χ1) is 8.41. The van der Waals surface area contributed by atoms with Crippen LogP contribution in [0.1, 0.15) is 12.5 Å². The quantitative estimate of drug-likeness (QED) is 0.897. The summed E-state index contributed by atoms with van der Waals surface area (Å²) in [6, 6.07) is 4.42. The second kappa shape index (κ2) is 4.36. The molecule has 96 valence electrons. The van der Waals surface area contributed by atoms with Crippen LogP contribution >= 0.6 is 0 Å². The Morgan fingerprint density at radius 1 is 1.28 bits per heavy atom. The lowest BCUT2D eigenvalue weighted by atomic mass is 10.1. The highest BCUT2D eigenvalue weighted by atomic mass is 19.4. The predicted molar refractivity (Wildman–Crippen MR) is 59.6 cm³/mol. The van der Waals surface area contributed by atoms with Gasteiger partial charge in [-0.2, -0.15) is 13.2 Å². The lowest BCUT2D eigenvalue weighted by Crippen LogP contribution is -2.07. The van der Waals surface area contributed by atoms with Gasteiger partial charge in [-0.3, -0.25) is 0 Å². The molecule has 2 rings (SSSR count). The fourth-order valence-corrected chi connectivity index (χ4v) is 1.65. The molecular formula is C12H10F3NO2. The number of nitrogens with zero attached hydrogens (tertiary/aromatic N) is 1. The van der Waals surface area contributed by atoms with E-state index >= 15 is 0 Å². The van der Waals surface area contributed by atoms with Crippen LogP contribution in [0, 0.1) is 0 Å². The van der Waals surface area contributed by atoms with Gasteiger partial charge in [-0.1, -0.05) is 0 Å². The average molecular weight is 257 g/mol. The minimum absolute atomic E-state index is 0.0493. The number of hydrogen-bond donors (Lipinski definition) is 1. The summed E-state index contributed by atoms with van der Waals surface area (Å²) in [5, 5.41) is 9.22. The number of phenolic OH excluding ortho intramolecular Hbond substituents is 1. The Balaban J connectivity index is 2.73. The second-order valence-electron chi connectivity index (χ2n) is 3.64. The third kappa shape index (κ3) is 2.32. The van der Waals surface area contributed by atoms with Crippen molar-refractivity contribution in [3.63, 3.8) is 0 Å². The third-order valence-electron chi connectivity index (χ3n) is 2.37. The van der Waals surface area contributed by atoms with Crippen LogP contribution in [0.5, 0.6) is 11.6 Å². The highest BCUT2D eigenvalue weighted by molar-refractivity contribution is 5.84. The van der Waals surface area contributed by atoms with E-state index < -0.39 is 11.7 Å². The lowest BCUT2D eigenvalue weighted by Gasteiger charge is -2.12. The molecule has 0 fully saturated rings. The van der Waals surface area contributed by atoms with Crippen molar-refractivity contribution in [3.05, 3.63) is 29.8 Å². The van der Waals surface area contributed by atoms with Crippen LogP contribution < -0.4 is 4.74 Å². The maximum Gasteiger partial charge on any atom is 0.417 e. The van der Waals surface area contributed by atoms with E-state index in [1.807, 2.05) is 0 Å². The first-order valence-electron chi connectivity index (χ1n) is 5.25. The van der Waals surface area contributed by atoms with Gasteiger partial charge in [0.1, 0.15) is 5.75 Å². The summed E-state index contributed by atoms with van der Waals surface area (Å²) >= 11 is 0. The largest absolute Gasteiger partial charge is 0.508 e. The van der Waals surface area contributed by atoms with Gasteiger partial charge in [-0.05, 0) is 19.1 Å². The van der Waals surface area contributed by atoms with Crippen molar-refractivity contribution in [2.75, 3.05) is 6.61 Å². The molecule has 0 atom stereocenters. The molecule has 0 radical (unpaired) electrons. The smallest absolute Gasteiger partial charge is 0.417 e. The monoisotopic (exact) mass is 257 g/mol. The molecule has 1 N–H and O–H groups in total. The maximum atomic E-state index is 12.9. The number of ether oxygens (including phenoxy) is 1. The topological polar surface area (TPSA) is 42.4 Å². The van der Waals surface area contributed by atoms with Gasteiger partial charge in [0.15, 0.2) is 0 Å². The van der Waals surface area contributed by atoms with Crippen molar-refractivity contribution in [2.45, 2.75) is 13.1 Å². The van der Waals surface area contributed by atoms with E-state index in [1.165, 1.54) is 18.2 Å². The van der Waals surface area contributed by atoms with Crippen molar-refractivity contribution in [1.82, 2.24) is 4.98 Å². The minimum Gasteiger partial charge on any atom is -0.508 e. The molecule has 1 aromatic carbocycles. The van der Waals surface area contributed by atoms with Crippen LogP contribution in [0.2, 0.25) is 0 Å². The van der Waals surface area contributed by atoms with Crippen molar-refractivity contribution < 1.29 is 23.0 Å². The number of benzene rings is 1. The maximum absolute atomic E-state index is 12.9. The Morgan fingerprint density at radius 3 is 2.61 bits per heavy atom. The Morgan fingerprint density at radius 2 is 2.00 bits per heavy atom. The number of aromatic hydroxyl groups is 1. The van der Waals surface area contributed by atoms with Crippen molar-refractivity contribution >= 4 is 10.9 Å². The highest BCUT2D eigenvalue weighted by Gasteiger charge is 2.33. The van der Waals surface area contributed by atoms with E-state index in [1.54, 1.807) is 6.92 Å². The van der Waals surface area contributed by atoms with E-state index in [4.69, 9.17) is 4.74 Å². The number of hydrogen-bond acceptors (Lipinski definition) is 3. The molecule has 6 heteroatoms. The molecule has 0 aliphatic carbocycles. The number of phenols is 1. The molecule has 0 aliphatic heterocycles. The fraction of sp³-hybridized carbons (Fsp3) is 0.250. The van der Waals surface area contributed by atoms with Gasteiger partial charge in [0.05, 0.1) is 17.7 Å². The molecule has 18 heavy (non-hydrogen) atoms. The van der Waals surface area contributed by atoms with E-state index in [0.717, 1.165) is 6.07 Å². The van der Waals surface area contributed by atoms with E-state index in [-0.39, 0.29) is 29.1 Å². The average Bonchev–Trinajstić information content (AvgIpc) is 2.26. The molecule has 0 amide bonds. The van der Waals surface area contributed by atoms with Gasteiger partial charge in [0, 0.05) is 17.5 Å². The standard InChI is InChI=1S/C12H10F3NO2/c1-2-18-11-6-9(12(13,14)15)8-4-3-7(17)5-10(8)16-11/h3-6,17H,2H2,1H3. The summed E-state index contributed by atoms with van der Waals surface area (Å²) in [6.45, 7) is 1.87. The van der Waals surface area contributed by atoms with Crippen LogP contribution in [0.3, 0.4) is 0 Å². The molecule has 0 spiro atoms. The molecule has 0 bridgehead atoms. The first-order valence-corrected chi connectivity index (χ1v) is 5.25. The molecule has 0 saturated carbocycles. The summed E-state index contributed by atoms with van der Waals surface area (Å²) in [7, 11) is 0. The summed E-state index contributed by atoms with van der Waals surface area (Å²) in [5.41, 5.74) is -0.774. The Kier molecular flexibility index (Phi) is 3.02. The molecule has 1 aromatic heterocycles. The van der Waals surface area contributed by atoms with Crippen molar-refractivity contribution in [3.8, 4) is 11.6 Å². The minimum atomic E-state index is -4.50. The summed E-state index contributed by atoms with van der Waals surface area (Å²) in [6.07, 6.45) is -4.50. The van der Waals surface area contributed by atoms with Gasteiger partial charge in [-0.15, -0.1) is 0 Å². The van der Waals surface area contributed by atoms with Gasteiger partial charge in [-0.25, -0.2) is 4.98 Å². The van der Waals surface area contributed by atoms with Crippen molar-refractivity contribution in [1.29, 1.82) is 0 Å². The highest BCUT2D eigenvalue weighted by Crippen LogP contribution is 2.37. The van der Waals surface area contributed by atoms with E-state index in [2.05, 4.69) is 4.98 Å². The molecule has 1 heterocycles. The second-order valence-corrected chi connectivity index (χ2v) is 3.64. The predicted octanol–water partition coefficient (Wildman–Crippen LogP) is 3.36. The zero-order valence-corrected chi connectivity index (χ0v) is 9.45. The lowest BCUT2D eigenvalue weighted by molar-refractivity contribution is -0.136. The van der Waals surface area contributed by atoms with Crippen LogP contribution in [0.15, 0.2) is 24.3 Å². The number of rotatable bonds is 2. The zero-order valence-electron chi connectivity index (χ0n) is 9.45. The molecular weight excluding hydrogens is 247 g/mol. The van der Waals surface area contributed by atoms with Gasteiger partial charge >= 0.3 is 6.18 Å². The van der Waals surface area contributed by atoms with E-state index in [9.17, 15) is 18.3 Å². The summed E-state index contributed by atoms with van der Waals surface area (Å²) in [4.78, 5) is 3.92. The fourth-order valence-electron chi connectivity index (χ4n) is 1.65. The SMILES string of the molecule is CCOc1cc(C(F)(F)F)c2ccc(O)cc2n1. The summed E-state index contributed by atoms with van der Waals surface area (Å²) < 4.78 is 43.7.